The van der Waals surface area contributed by atoms with Gasteiger partial charge in [0.2, 0.25) is 0 Å². The van der Waals surface area contributed by atoms with Gasteiger partial charge in [0.05, 0.1) is 27.8 Å². The highest BCUT2D eigenvalue weighted by atomic mass is 16.1. The van der Waals surface area contributed by atoms with E-state index in [0.717, 1.165) is 35.9 Å². The van der Waals surface area contributed by atoms with Crippen LogP contribution in [0.15, 0.2) is 59.7 Å². The minimum absolute atomic E-state index is 0.226. The number of aryl methyl sites for hydroxylation is 1. The summed E-state index contributed by atoms with van der Waals surface area (Å²) >= 11 is 0. The number of hydrogen-bond donors (Lipinski definition) is 1. The summed E-state index contributed by atoms with van der Waals surface area (Å²) in [7, 11) is 1.86. The van der Waals surface area contributed by atoms with Crippen LogP contribution in [0.5, 0.6) is 0 Å². The molecule has 3 aromatic heterocycles. The quantitative estimate of drug-likeness (QED) is 0.397. The van der Waals surface area contributed by atoms with Gasteiger partial charge in [-0.15, -0.1) is 0 Å². The third-order valence-electron chi connectivity index (χ3n) is 7.41. The molecule has 0 saturated heterocycles. The Morgan fingerprint density at radius 2 is 1.81 bits per heavy atom. The summed E-state index contributed by atoms with van der Waals surface area (Å²) in [5.41, 5.74) is 11.2. The van der Waals surface area contributed by atoms with Crippen LogP contribution < -0.4 is 11.3 Å². The lowest BCUT2D eigenvalue weighted by molar-refractivity contribution is 0.100. The van der Waals surface area contributed by atoms with Crippen molar-refractivity contribution in [3.05, 3.63) is 76.3 Å². The summed E-state index contributed by atoms with van der Waals surface area (Å²) in [5.74, 6) is 0.617. The molecule has 0 spiro atoms. The molecule has 1 amide bonds. The van der Waals surface area contributed by atoms with Crippen LogP contribution in [0.3, 0.4) is 0 Å². The monoisotopic (exact) mass is 478 g/mol. The van der Waals surface area contributed by atoms with Crippen molar-refractivity contribution in [3.8, 4) is 16.8 Å². The Morgan fingerprint density at radius 3 is 2.50 bits per heavy atom. The molecule has 0 bridgehead atoms. The van der Waals surface area contributed by atoms with Gasteiger partial charge in [0.25, 0.3) is 11.5 Å². The molecule has 2 saturated carbocycles. The zero-order valence-electron chi connectivity index (χ0n) is 20.0. The number of carbonyl (C=O) groups excluding carboxylic acids is 1. The topological polar surface area (TPSA) is 101 Å². The number of nitrogens with zero attached hydrogens (tertiary/aromatic N) is 5. The standard InChI is InChI=1S/C28H26N6O2/c1-32-14-20-12-21(10-11-23(20)30-32)34-28(36)24(19-8-6-18(7-9-19)17-4-5-17)26-25(31-34)22(27(29)35)15-33(26)13-16-2-3-16/h6-12,14-17H,2-5,13H2,1H3,(H2,29,35). The van der Waals surface area contributed by atoms with E-state index in [1.807, 2.05) is 48.1 Å². The van der Waals surface area contributed by atoms with Crippen molar-refractivity contribution in [2.45, 2.75) is 38.1 Å². The van der Waals surface area contributed by atoms with Crippen LogP contribution in [0, 0.1) is 5.92 Å². The molecule has 2 aliphatic rings. The Kier molecular flexibility index (Phi) is 4.49. The molecule has 5 aromatic rings. The second-order valence-electron chi connectivity index (χ2n) is 10.2. The van der Waals surface area contributed by atoms with Crippen molar-refractivity contribution in [1.82, 2.24) is 24.1 Å². The van der Waals surface area contributed by atoms with Crippen molar-refractivity contribution in [3.63, 3.8) is 0 Å². The molecule has 2 aliphatic carbocycles. The van der Waals surface area contributed by atoms with Crippen molar-refractivity contribution in [2.75, 3.05) is 0 Å². The van der Waals surface area contributed by atoms with Gasteiger partial charge >= 0.3 is 0 Å². The van der Waals surface area contributed by atoms with E-state index in [9.17, 15) is 9.59 Å². The predicted octanol–water partition coefficient (Wildman–Crippen LogP) is 4.13. The Morgan fingerprint density at radius 1 is 1.03 bits per heavy atom. The molecule has 36 heavy (non-hydrogen) atoms. The Labute approximate surface area is 206 Å². The molecule has 180 valence electrons. The van der Waals surface area contributed by atoms with E-state index in [1.165, 1.54) is 23.1 Å². The van der Waals surface area contributed by atoms with Gasteiger partial charge in [0.1, 0.15) is 5.52 Å². The first-order valence-corrected chi connectivity index (χ1v) is 12.5. The SMILES string of the molecule is Cn1cc2cc(-n3nc4c(C(N)=O)cn(CC5CC5)c4c(-c4ccc(C5CC5)cc4)c3=O)ccc2n1. The minimum Gasteiger partial charge on any atom is -0.365 e. The average molecular weight is 479 g/mol. The first-order valence-electron chi connectivity index (χ1n) is 12.5. The van der Waals surface area contributed by atoms with Crippen LogP contribution in [0.25, 0.3) is 38.8 Å². The van der Waals surface area contributed by atoms with Crippen molar-refractivity contribution < 1.29 is 4.79 Å². The zero-order valence-corrected chi connectivity index (χ0v) is 20.0. The third kappa shape index (κ3) is 3.44. The summed E-state index contributed by atoms with van der Waals surface area (Å²) in [6.45, 7) is 0.740. The third-order valence-corrected chi connectivity index (χ3v) is 7.41. The Bertz CT molecular complexity index is 1730. The summed E-state index contributed by atoms with van der Waals surface area (Å²) < 4.78 is 5.15. The maximum atomic E-state index is 14.1. The lowest BCUT2D eigenvalue weighted by Crippen LogP contribution is -2.24. The smallest absolute Gasteiger partial charge is 0.281 e. The maximum Gasteiger partial charge on any atom is 0.281 e. The second-order valence-corrected chi connectivity index (χ2v) is 10.2. The summed E-state index contributed by atoms with van der Waals surface area (Å²) in [6, 6.07) is 13.9. The first-order chi connectivity index (χ1) is 17.5. The highest BCUT2D eigenvalue weighted by Crippen LogP contribution is 2.41. The Hall–Kier alpha value is -4.20. The van der Waals surface area contributed by atoms with Gasteiger partial charge in [0, 0.05) is 31.4 Å². The second kappa shape index (κ2) is 7.65. The molecule has 3 heterocycles. The lowest BCUT2D eigenvalue weighted by Gasteiger charge is -2.13. The normalized spacial score (nSPS) is 15.7. The van der Waals surface area contributed by atoms with E-state index in [4.69, 9.17) is 10.8 Å². The van der Waals surface area contributed by atoms with Gasteiger partial charge in [0.15, 0.2) is 0 Å². The number of fused-ring (bicyclic) bond motifs is 2. The molecule has 0 atom stereocenters. The number of hydrogen-bond acceptors (Lipinski definition) is 4. The largest absolute Gasteiger partial charge is 0.365 e. The number of primary amides is 1. The highest BCUT2D eigenvalue weighted by molar-refractivity contribution is 6.07. The molecule has 2 fully saturated rings. The van der Waals surface area contributed by atoms with Crippen molar-refractivity contribution in [2.24, 2.45) is 18.7 Å². The van der Waals surface area contributed by atoms with Gasteiger partial charge in [-0.2, -0.15) is 14.9 Å². The van der Waals surface area contributed by atoms with Crippen molar-refractivity contribution in [1.29, 1.82) is 0 Å². The van der Waals surface area contributed by atoms with Crippen LogP contribution >= 0.6 is 0 Å². The fourth-order valence-corrected chi connectivity index (χ4v) is 5.21. The van der Waals surface area contributed by atoms with Gasteiger partial charge in [-0.25, -0.2) is 0 Å². The van der Waals surface area contributed by atoms with E-state index < -0.39 is 5.91 Å². The number of benzene rings is 2. The molecule has 2 N–H and O–H groups in total. The minimum atomic E-state index is -0.551. The number of nitrogens with two attached hydrogens (primary N) is 1. The van der Waals surface area contributed by atoms with Crippen LogP contribution in [0.4, 0.5) is 0 Å². The van der Waals surface area contributed by atoms with E-state index >= 15 is 0 Å². The molecule has 0 unspecified atom stereocenters. The highest BCUT2D eigenvalue weighted by Gasteiger charge is 2.28. The molecule has 7 rings (SSSR count). The molecule has 0 aliphatic heterocycles. The fourth-order valence-electron chi connectivity index (χ4n) is 5.21. The summed E-state index contributed by atoms with van der Waals surface area (Å²) in [6.07, 6.45) is 8.40. The molecular formula is C28H26N6O2. The predicted molar refractivity (Wildman–Crippen MR) is 138 cm³/mol. The van der Waals surface area contributed by atoms with Gasteiger partial charge < -0.3 is 10.3 Å². The number of amides is 1. The van der Waals surface area contributed by atoms with Gasteiger partial charge in [-0.05, 0) is 66.8 Å². The van der Waals surface area contributed by atoms with Gasteiger partial charge in [-0.3, -0.25) is 14.3 Å². The average Bonchev–Trinajstić information content (AvgIpc) is 3.79. The molecule has 8 nitrogen and oxygen atoms in total. The summed E-state index contributed by atoms with van der Waals surface area (Å²) in [5, 5.41) is 10.1. The molecule has 2 aromatic carbocycles. The van der Waals surface area contributed by atoms with Crippen molar-refractivity contribution >= 4 is 27.8 Å². The van der Waals surface area contributed by atoms with E-state index in [0.29, 0.717) is 39.7 Å². The van der Waals surface area contributed by atoms with Gasteiger partial charge in [-0.1, -0.05) is 24.3 Å². The number of rotatable bonds is 6. The Balaban J connectivity index is 1.52. The summed E-state index contributed by atoms with van der Waals surface area (Å²) in [4.78, 5) is 26.6. The zero-order chi connectivity index (χ0) is 24.6. The molecule has 0 radical (unpaired) electrons. The van der Waals surface area contributed by atoms with E-state index in [2.05, 4.69) is 17.2 Å². The number of carbonyl (C=O) groups is 1. The molecule has 8 heteroatoms. The molecular weight excluding hydrogens is 452 g/mol. The fraction of sp³-hybridized carbons (Fsp3) is 0.286. The van der Waals surface area contributed by atoms with E-state index in [1.54, 1.807) is 10.9 Å². The van der Waals surface area contributed by atoms with E-state index in [-0.39, 0.29) is 5.56 Å². The van der Waals surface area contributed by atoms with Crippen LogP contribution in [0.2, 0.25) is 0 Å². The number of aromatic nitrogens is 5. The first kappa shape index (κ1) is 21.1. The van der Waals surface area contributed by atoms with Crippen LogP contribution in [-0.2, 0) is 13.6 Å². The van der Waals surface area contributed by atoms with Crippen LogP contribution in [-0.4, -0.2) is 30.0 Å². The van der Waals surface area contributed by atoms with Crippen LogP contribution in [0.1, 0.15) is 47.5 Å². The maximum absolute atomic E-state index is 14.1. The lowest BCUT2D eigenvalue weighted by atomic mass is 10.0.